The lowest BCUT2D eigenvalue weighted by Crippen LogP contribution is -2.52. The van der Waals surface area contributed by atoms with Gasteiger partial charge in [0, 0.05) is 32.1 Å². The van der Waals surface area contributed by atoms with Gasteiger partial charge in [-0.3, -0.25) is 4.79 Å². The first kappa shape index (κ1) is 26.3. The second kappa shape index (κ2) is 9.94. The molecule has 1 aliphatic carbocycles. The number of rotatable bonds is 10. The predicted molar refractivity (Wildman–Crippen MR) is 122 cm³/mol. The molecule has 36 heavy (non-hydrogen) atoms. The Kier molecular flexibility index (Phi) is 7.26. The quantitative estimate of drug-likeness (QED) is 0.376. The fourth-order valence-corrected chi connectivity index (χ4v) is 6.89. The van der Waals surface area contributed by atoms with E-state index in [4.69, 9.17) is 9.47 Å². The fraction of sp³-hybridized carbons (Fsp3) is 0.364. The Morgan fingerprint density at radius 1 is 1.17 bits per heavy atom. The van der Waals surface area contributed by atoms with Crippen molar-refractivity contribution in [1.82, 2.24) is 15.2 Å². The zero-order valence-electron chi connectivity index (χ0n) is 19.0. The standard InChI is InChI=1S/C22H22F3N3O6S2/c1-32-11-14-19(13-6-4-3-5-7-13)21(14,20(29)26-12-33-2)28-36(30,31)18-9-8-16(35-18)15-10-17(34-27-15)22(23,24)25/h3-10,14,19,28H,11-12H2,1-2H3,(H,26,29). The lowest BCUT2D eigenvalue weighted by Gasteiger charge is -2.20. The van der Waals surface area contributed by atoms with Crippen LogP contribution in [0.1, 0.15) is 17.2 Å². The fourth-order valence-electron chi connectivity index (χ4n) is 4.20. The van der Waals surface area contributed by atoms with Crippen LogP contribution in [0.4, 0.5) is 13.2 Å². The maximum absolute atomic E-state index is 13.4. The van der Waals surface area contributed by atoms with Crippen molar-refractivity contribution in [2.75, 3.05) is 27.6 Å². The van der Waals surface area contributed by atoms with Gasteiger partial charge in [0.2, 0.25) is 11.7 Å². The topological polar surface area (TPSA) is 120 Å². The third-order valence-corrected chi connectivity index (χ3v) is 8.90. The summed E-state index contributed by atoms with van der Waals surface area (Å²) in [6, 6.07) is 12.2. The number of thiophene rings is 1. The lowest BCUT2D eigenvalue weighted by molar-refractivity contribution is -0.155. The van der Waals surface area contributed by atoms with Crippen LogP contribution in [0.25, 0.3) is 10.6 Å². The van der Waals surface area contributed by atoms with Crippen molar-refractivity contribution in [3.63, 3.8) is 0 Å². The summed E-state index contributed by atoms with van der Waals surface area (Å²) in [6.07, 6.45) is -4.73. The number of hydrogen-bond donors (Lipinski definition) is 2. The Balaban J connectivity index is 1.67. The Bertz CT molecular complexity index is 1330. The molecule has 2 heterocycles. The maximum atomic E-state index is 13.4. The molecule has 1 aromatic carbocycles. The minimum absolute atomic E-state index is 0.0946. The molecule has 14 heteroatoms. The monoisotopic (exact) mass is 545 g/mol. The highest BCUT2D eigenvalue weighted by molar-refractivity contribution is 7.91. The van der Waals surface area contributed by atoms with Crippen LogP contribution in [0.5, 0.6) is 0 Å². The van der Waals surface area contributed by atoms with Gasteiger partial charge < -0.3 is 19.3 Å². The maximum Gasteiger partial charge on any atom is 0.452 e. The minimum Gasteiger partial charge on any atom is -0.384 e. The molecule has 194 valence electrons. The van der Waals surface area contributed by atoms with E-state index < -0.39 is 45.2 Å². The van der Waals surface area contributed by atoms with Crippen molar-refractivity contribution in [1.29, 1.82) is 0 Å². The molecule has 2 N–H and O–H groups in total. The van der Waals surface area contributed by atoms with Gasteiger partial charge >= 0.3 is 6.18 Å². The average molecular weight is 546 g/mol. The highest BCUT2D eigenvalue weighted by Gasteiger charge is 2.71. The van der Waals surface area contributed by atoms with E-state index >= 15 is 0 Å². The largest absolute Gasteiger partial charge is 0.452 e. The van der Waals surface area contributed by atoms with E-state index in [1.165, 1.54) is 26.4 Å². The van der Waals surface area contributed by atoms with Gasteiger partial charge in [0.1, 0.15) is 22.2 Å². The van der Waals surface area contributed by atoms with Crippen LogP contribution in [0, 0.1) is 5.92 Å². The Morgan fingerprint density at radius 3 is 2.50 bits per heavy atom. The molecular weight excluding hydrogens is 523 g/mol. The number of aromatic nitrogens is 1. The van der Waals surface area contributed by atoms with E-state index in [0.29, 0.717) is 17.4 Å². The van der Waals surface area contributed by atoms with E-state index in [0.717, 1.165) is 5.56 Å². The molecule has 9 nitrogen and oxygen atoms in total. The zero-order valence-corrected chi connectivity index (χ0v) is 20.7. The average Bonchev–Trinajstić information content (AvgIpc) is 3.25. The first-order valence-electron chi connectivity index (χ1n) is 10.5. The molecule has 1 fully saturated rings. The van der Waals surface area contributed by atoms with Gasteiger partial charge in [-0.25, -0.2) is 8.42 Å². The van der Waals surface area contributed by atoms with Gasteiger partial charge in [0.25, 0.3) is 10.0 Å². The number of ether oxygens (including phenoxy) is 2. The van der Waals surface area contributed by atoms with Crippen LogP contribution < -0.4 is 10.0 Å². The number of nitrogens with zero attached hydrogens (tertiary/aromatic N) is 1. The Hall–Kier alpha value is -2.78. The van der Waals surface area contributed by atoms with E-state index in [2.05, 4.69) is 19.7 Å². The van der Waals surface area contributed by atoms with Gasteiger partial charge in [-0.2, -0.15) is 17.9 Å². The summed E-state index contributed by atoms with van der Waals surface area (Å²) in [6.45, 7) is -0.0439. The third-order valence-electron chi connectivity index (χ3n) is 5.82. The molecular formula is C22H22F3N3O6S2. The smallest absolute Gasteiger partial charge is 0.384 e. The number of halogens is 3. The van der Waals surface area contributed by atoms with Gasteiger partial charge in [-0.1, -0.05) is 35.5 Å². The van der Waals surface area contributed by atoms with Crippen LogP contribution in [0.2, 0.25) is 0 Å². The number of sulfonamides is 1. The number of amides is 1. The summed E-state index contributed by atoms with van der Waals surface area (Å²) in [5.74, 6) is -2.95. The number of hydrogen-bond acceptors (Lipinski definition) is 8. The molecule has 0 saturated heterocycles. The number of methoxy groups -OCH3 is 2. The molecule has 0 aliphatic heterocycles. The number of nitrogens with one attached hydrogen (secondary N) is 2. The van der Waals surface area contributed by atoms with Crippen molar-refractivity contribution in [3.8, 4) is 10.6 Å². The highest BCUT2D eigenvalue weighted by atomic mass is 32.2. The molecule has 2 aromatic heterocycles. The van der Waals surface area contributed by atoms with E-state index in [9.17, 15) is 26.4 Å². The van der Waals surface area contributed by atoms with Crippen molar-refractivity contribution in [2.24, 2.45) is 5.92 Å². The number of carbonyl (C=O) groups excluding carboxylic acids is 1. The van der Waals surface area contributed by atoms with Gasteiger partial charge in [-0.05, 0) is 17.7 Å². The van der Waals surface area contributed by atoms with Crippen molar-refractivity contribution < 1.29 is 40.4 Å². The van der Waals surface area contributed by atoms with Crippen LogP contribution >= 0.6 is 11.3 Å². The summed E-state index contributed by atoms with van der Waals surface area (Å²) in [7, 11) is -1.46. The molecule has 1 amide bonds. The second-order valence-corrected chi connectivity index (χ2v) is 11.0. The van der Waals surface area contributed by atoms with E-state index in [-0.39, 0.29) is 28.1 Å². The summed E-state index contributed by atoms with van der Waals surface area (Å²) in [5, 5.41) is 5.97. The van der Waals surface area contributed by atoms with Crippen molar-refractivity contribution >= 4 is 27.3 Å². The molecule has 0 bridgehead atoms. The zero-order chi connectivity index (χ0) is 26.1. The van der Waals surface area contributed by atoms with Crippen molar-refractivity contribution in [3.05, 3.63) is 59.9 Å². The summed E-state index contributed by atoms with van der Waals surface area (Å²) >= 11 is 0.699. The third kappa shape index (κ3) is 4.91. The molecule has 1 aliphatic rings. The molecule has 3 atom stereocenters. The first-order chi connectivity index (χ1) is 17.0. The van der Waals surface area contributed by atoms with Crippen LogP contribution in [-0.2, 0) is 30.5 Å². The van der Waals surface area contributed by atoms with Gasteiger partial charge in [0.05, 0.1) is 11.5 Å². The summed E-state index contributed by atoms with van der Waals surface area (Å²) in [4.78, 5) is 13.4. The SMILES string of the molecule is COCNC(=O)C1(NS(=O)(=O)c2ccc(-c3cc(C(F)(F)F)on3)s2)C(COC)C1c1ccccc1. The minimum atomic E-state index is -4.73. The molecule has 3 aromatic rings. The van der Waals surface area contributed by atoms with Gasteiger partial charge in [0.15, 0.2) is 0 Å². The van der Waals surface area contributed by atoms with Crippen molar-refractivity contribution in [2.45, 2.75) is 21.8 Å². The Morgan fingerprint density at radius 2 is 1.89 bits per heavy atom. The first-order valence-corrected chi connectivity index (χ1v) is 12.8. The second-order valence-electron chi connectivity index (χ2n) is 8.06. The van der Waals surface area contributed by atoms with Crippen LogP contribution in [0.15, 0.2) is 57.3 Å². The number of alkyl halides is 3. The molecule has 1 saturated carbocycles. The van der Waals surface area contributed by atoms with Crippen LogP contribution in [0.3, 0.4) is 0 Å². The van der Waals surface area contributed by atoms with E-state index in [1.54, 1.807) is 30.3 Å². The number of benzene rings is 1. The number of carbonyl (C=O) groups is 1. The van der Waals surface area contributed by atoms with Gasteiger partial charge in [-0.15, -0.1) is 11.3 Å². The normalized spacial score (nSPS) is 21.9. The molecule has 4 rings (SSSR count). The Labute approximate surface area is 208 Å². The lowest BCUT2D eigenvalue weighted by atomic mass is 10.1. The summed E-state index contributed by atoms with van der Waals surface area (Å²) in [5.41, 5.74) is -0.993. The van der Waals surface area contributed by atoms with E-state index in [1.807, 2.05) is 0 Å². The molecule has 0 radical (unpaired) electrons. The van der Waals surface area contributed by atoms with Crippen LogP contribution in [-0.4, -0.2) is 52.6 Å². The highest BCUT2D eigenvalue weighted by Crippen LogP contribution is 2.58. The predicted octanol–water partition coefficient (Wildman–Crippen LogP) is 3.22. The molecule has 0 spiro atoms. The summed E-state index contributed by atoms with van der Waals surface area (Å²) < 4.78 is 82.3. The molecule has 3 unspecified atom stereocenters.